The molecule has 31 heavy (non-hydrogen) atoms. The minimum absolute atomic E-state index is 0.0825. The second-order valence-corrected chi connectivity index (χ2v) is 7.13. The molecule has 8 nitrogen and oxygen atoms in total. The summed E-state index contributed by atoms with van der Waals surface area (Å²) in [5.41, 5.74) is 2.52. The summed E-state index contributed by atoms with van der Waals surface area (Å²) in [4.78, 5) is 28.5. The lowest BCUT2D eigenvalue weighted by Crippen LogP contribution is -2.40. The molecule has 0 bridgehead atoms. The highest BCUT2D eigenvalue weighted by atomic mass is 19.4. The van der Waals surface area contributed by atoms with Gasteiger partial charge in [-0.25, -0.2) is 9.78 Å². The molecule has 0 unspecified atom stereocenters. The molecule has 1 aliphatic rings. The molecular formula is C17H19F6N5O3. The fourth-order valence-electron chi connectivity index (χ4n) is 2.29. The highest BCUT2D eigenvalue weighted by Gasteiger charge is 2.49. The molecule has 172 valence electrons. The standard InChI is InChI=1S/C17H19F6N5O3/c1-15(2,17(21,22)23)31-8-10(24)13(29)27-12-5-9(3-4-25-12)6-28-7-11(16(18,19)20)26-14(28)30/h3-5,8,11H,6-7,24H2,1-2H3,(H,26,30)(H,25,27,29)/b10-8-/t11-/m0/s1. The van der Waals surface area contributed by atoms with Gasteiger partial charge in [0.15, 0.2) is 5.60 Å². The zero-order valence-corrected chi connectivity index (χ0v) is 16.3. The molecule has 1 aliphatic heterocycles. The third-order valence-electron chi connectivity index (χ3n) is 4.25. The van der Waals surface area contributed by atoms with Gasteiger partial charge in [-0.1, -0.05) is 0 Å². The average Bonchev–Trinajstić information content (AvgIpc) is 3.00. The van der Waals surface area contributed by atoms with Crippen molar-refractivity contribution in [2.45, 2.75) is 44.4 Å². The maximum absolute atomic E-state index is 12.8. The van der Waals surface area contributed by atoms with Crippen molar-refractivity contribution in [3.8, 4) is 0 Å². The Hall–Kier alpha value is -3.19. The maximum atomic E-state index is 12.8. The van der Waals surface area contributed by atoms with Crippen molar-refractivity contribution in [1.82, 2.24) is 15.2 Å². The number of carbonyl (C=O) groups excluding carboxylic acids is 2. The molecule has 3 amide bonds. The van der Waals surface area contributed by atoms with Gasteiger partial charge in [0, 0.05) is 12.7 Å². The zero-order chi connectivity index (χ0) is 23.6. The molecule has 1 aromatic rings. The molecule has 0 saturated carbocycles. The highest BCUT2D eigenvalue weighted by molar-refractivity contribution is 6.02. The number of rotatable bonds is 6. The molecule has 0 spiro atoms. The molecule has 0 aliphatic carbocycles. The number of alkyl halides is 6. The third-order valence-corrected chi connectivity index (χ3v) is 4.25. The molecule has 14 heteroatoms. The van der Waals surface area contributed by atoms with Crippen molar-refractivity contribution < 1.29 is 40.7 Å². The van der Waals surface area contributed by atoms with Crippen LogP contribution in [0.4, 0.5) is 37.0 Å². The number of nitrogens with zero attached hydrogens (tertiary/aromatic N) is 2. The topological polar surface area (TPSA) is 110 Å². The summed E-state index contributed by atoms with van der Waals surface area (Å²) >= 11 is 0. The van der Waals surface area contributed by atoms with E-state index >= 15 is 0 Å². The van der Waals surface area contributed by atoms with Crippen molar-refractivity contribution in [1.29, 1.82) is 0 Å². The Kier molecular flexibility index (Phi) is 6.61. The number of hydrogen-bond donors (Lipinski definition) is 3. The number of ether oxygens (including phenoxy) is 1. The van der Waals surface area contributed by atoms with E-state index in [1.54, 1.807) is 0 Å². The zero-order valence-electron chi connectivity index (χ0n) is 16.3. The second kappa shape index (κ2) is 8.51. The minimum atomic E-state index is -4.71. The maximum Gasteiger partial charge on any atom is 0.427 e. The smallest absolute Gasteiger partial charge is 0.427 e. The van der Waals surface area contributed by atoms with Crippen molar-refractivity contribution in [3.63, 3.8) is 0 Å². The van der Waals surface area contributed by atoms with Crippen LogP contribution in [0.25, 0.3) is 0 Å². The quantitative estimate of drug-likeness (QED) is 0.347. The van der Waals surface area contributed by atoms with Gasteiger partial charge in [-0.15, -0.1) is 0 Å². The Morgan fingerprint density at radius 2 is 2.00 bits per heavy atom. The molecule has 1 aromatic heterocycles. The lowest BCUT2D eigenvalue weighted by Gasteiger charge is -2.27. The largest absolute Gasteiger partial charge is 0.484 e. The summed E-state index contributed by atoms with van der Waals surface area (Å²) in [6.45, 7) is 0.710. The first-order chi connectivity index (χ1) is 14.1. The Labute approximate surface area is 172 Å². The summed E-state index contributed by atoms with van der Waals surface area (Å²) in [6, 6.07) is -0.203. The summed E-state index contributed by atoms with van der Waals surface area (Å²) < 4.78 is 81.0. The molecule has 2 rings (SSSR count). The van der Waals surface area contributed by atoms with E-state index < -0.39 is 48.2 Å². The number of nitrogens with one attached hydrogen (secondary N) is 2. The molecular weight excluding hydrogens is 436 g/mol. The number of anilines is 1. The average molecular weight is 455 g/mol. The van der Waals surface area contributed by atoms with Gasteiger partial charge in [0.2, 0.25) is 0 Å². The van der Waals surface area contributed by atoms with Crippen LogP contribution in [0.2, 0.25) is 0 Å². The Morgan fingerprint density at radius 1 is 1.35 bits per heavy atom. The van der Waals surface area contributed by atoms with Crippen molar-refractivity contribution in [2.24, 2.45) is 5.73 Å². The predicted molar refractivity (Wildman–Crippen MR) is 95.1 cm³/mol. The van der Waals surface area contributed by atoms with Gasteiger partial charge < -0.3 is 26.0 Å². The Morgan fingerprint density at radius 3 is 2.55 bits per heavy atom. The van der Waals surface area contributed by atoms with E-state index in [1.807, 2.05) is 5.32 Å². The van der Waals surface area contributed by atoms with E-state index in [2.05, 4.69) is 15.0 Å². The van der Waals surface area contributed by atoms with Crippen LogP contribution < -0.4 is 16.4 Å². The first-order valence-corrected chi connectivity index (χ1v) is 8.69. The van der Waals surface area contributed by atoms with Crippen molar-refractivity contribution >= 4 is 17.8 Å². The number of nitrogens with two attached hydrogens (primary N) is 1. The van der Waals surface area contributed by atoms with E-state index in [-0.39, 0.29) is 12.4 Å². The number of hydrogen-bond acceptors (Lipinski definition) is 5. The molecule has 0 radical (unpaired) electrons. The normalized spacial score (nSPS) is 18.1. The van der Waals surface area contributed by atoms with Gasteiger partial charge in [-0.05, 0) is 31.5 Å². The van der Waals surface area contributed by atoms with Gasteiger partial charge >= 0.3 is 18.4 Å². The number of carbonyl (C=O) groups is 2. The van der Waals surface area contributed by atoms with E-state index in [4.69, 9.17) is 5.73 Å². The van der Waals surface area contributed by atoms with Crippen LogP contribution in [0.5, 0.6) is 0 Å². The fourth-order valence-corrected chi connectivity index (χ4v) is 2.29. The number of halogens is 6. The van der Waals surface area contributed by atoms with Crippen LogP contribution in [0, 0.1) is 0 Å². The summed E-state index contributed by atoms with van der Waals surface area (Å²) in [6.07, 6.45) is -7.61. The predicted octanol–water partition coefficient (Wildman–Crippen LogP) is 2.63. The number of pyridine rings is 1. The lowest BCUT2D eigenvalue weighted by molar-refractivity contribution is -0.247. The third kappa shape index (κ3) is 6.15. The van der Waals surface area contributed by atoms with Crippen LogP contribution >= 0.6 is 0 Å². The lowest BCUT2D eigenvalue weighted by atomic mass is 10.1. The summed E-state index contributed by atoms with van der Waals surface area (Å²) in [5.74, 6) is -1.10. The Bertz CT molecular complexity index is 869. The van der Waals surface area contributed by atoms with Crippen LogP contribution in [-0.2, 0) is 16.1 Å². The van der Waals surface area contributed by atoms with Crippen LogP contribution in [0.1, 0.15) is 19.4 Å². The molecule has 1 saturated heterocycles. The van der Waals surface area contributed by atoms with Gasteiger partial charge in [0.1, 0.15) is 23.8 Å². The van der Waals surface area contributed by atoms with Crippen LogP contribution in [0.3, 0.4) is 0 Å². The fraction of sp³-hybridized carbons (Fsp3) is 0.471. The van der Waals surface area contributed by atoms with Gasteiger partial charge in [0.25, 0.3) is 5.91 Å². The van der Waals surface area contributed by atoms with E-state index in [9.17, 15) is 35.9 Å². The number of urea groups is 1. The van der Waals surface area contributed by atoms with E-state index in [0.29, 0.717) is 11.8 Å². The molecule has 2 heterocycles. The number of amides is 3. The van der Waals surface area contributed by atoms with Crippen molar-refractivity contribution in [3.05, 3.63) is 35.9 Å². The van der Waals surface area contributed by atoms with E-state index in [1.165, 1.54) is 18.3 Å². The monoisotopic (exact) mass is 455 g/mol. The van der Waals surface area contributed by atoms with Crippen molar-refractivity contribution in [2.75, 3.05) is 11.9 Å². The van der Waals surface area contributed by atoms with Crippen LogP contribution in [-0.4, -0.2) is 52.4 Å². The van der Waals surface area contributed by atoms with E-state index in [0.717, 1.165) is 18.7 Å². The van der Waals surface area contributed by atoms with Gasteiger partial charge in [-0.2, -0.15) is 26.3 Å². The van der Waals surface area contributed by atoms with Crippen LogP contribution in [0.15, 0.2) is 30.3 Å². The first kappa shape index (κ1) is 24.1. The first-order valence-electron chi connectivity index (χ1n) is 8.69. The molecule has 4 N–H and O–H groups in total. The highest BCUT2D eigenvalue weighted by Crippen LogP contribution is 2.33. The summed E-state index contributed by atoms with van der Waals surface area (Å²) in [7, 11) is 0. The van der Waals surface area contributed by atoms with Gasteiger partial charge in [-0.3, -0.25) is 4.79 Å². The minimum Gasteiger partial charge on any atom is -0.484 e. The molecule has 1 fully saturated rings. The number of aromatic nitrogens is 1. The SMILES string of the molecule is CC(C)(O/C=C(\N)C(=O)Nc1cc(CN2C[C@@H](C(F)(F)F)NC2=O)ccn1)C(F)(F)F. The Balaban J connectivity index is 2.01. The molecule has 1 atom stereocenters. The van der Waals surface area contributed by atoms with Gasteiger partial charge in [0.05, 0.1) is 6.54 Å². The summed E-state index contributed by atoms with van der Waals surface area (Å²) in [5, 5.41) is 4.04. The second-order valence-electron chi connectivity index (χ2n) is 7.13. The molecule has 0 aromatic carbocycles.